The topological polar surface area (TPSA) is 64.4 Å². The van der Waals surface area contributed by atoms with Crippen LogP contribution in [0.15, 0.2) is 73.3 Å². The Balaban J connectivity index is 1.54. The second-order valence-electron chi connectivity index (χ2n) is 7.09. The largest absolute Gasteiger partial charge is 0.497 e. The smallest absolute Gasteiger partial charge is 0.198 e. The molecule has 31 heavy (non-hydrogen) atoms. The van der Waals surface area contributed by atoms with Gasteiger partial charge >= 0.3 is 0 Å². The van der Waals surface area contributed by atoms with Crippen molar-refractivity contribution in [1.29, 1.82) is 0 Å². The van der Waals surface area contributed by atoms with Crippen molar-refractivity contribution in [2.75, 3.05) is 7.11 Å². The van der Waals surface area contributed by atoms with Gasteiger partial charge in [-0.15, -0.1) is 0 Å². The number of hydrogen-bond donors (Lipinski definition) is 1. The minimum Gasteiger partial charge on any atom is -0.497 e. The molecule has 154 valence electrons. The summed E-state index contributed by atoms with van der Waals surface area (Å²) >= 11 is 6.58. The first kappa shape index (κ1) is 19.2. The molecular formula is C24H19ClN4O2. The predicted octanol–water partition coefficient (Wildman–Crippen LogP) is 6.15. The van der Waals surface area contributed by atoms with Crippen LogP contribution in [0.5, 0.6) is 17.4 Å². The summed E-state index contributed by atoms with van der Waals surface area (Å²) in [6.07, 6.45) is 7.50. The summed E-state index contributed by atoms with van der Waals surface area (Å²) in [5.41, 5.74) is 5.44. The normalized spacial score (nSPS) is 11.1. The summed E-state index contributed by atoms with van der Waals surface area (Å²) in [5.74, 6) is 2.12. The van der Waals surface area contributed by atoms with Gasteiger partial charge in [-0.05, 0) is 43.3 Å². The first-order valence-electron chi connectivity index (χ1n) is 9.71. The lowest BCUT2D eigenvalue weighted by molar-refractivity contribution is 0.412. The molecule has 4 aromatic heterocycles. The standard InChI is InChI=1S/C24H19ClN4O2/c1-15-23(17-11-22(27-13-17)31-20-7-5-19(30-2)6-8-20)29-14-18(10-21(25)24(29)28-15)16-4-3-9-26-12-16/h3-14,27H,1-2H3. The van der Waals surface area contributed by atoms with Gasteiger partial charge in [-0.2, -0.15) is 0 Å². The first-order chi connectivity index (χ1) is 15.1. The number of methoxy groups -OCH3 is 1. The Morgan fingerprint density at radius 2 is 1.81 bits per heavy atom. The number of imidazole rings is 1. The summed E-state index contributed by atoms with van der Waals surface area (Å²) in [5, 5.41) is 0.584. The van der Waals surface area contributed by atoms with Crippen molar-refractivity contribution in [3.05, 3.63) is 84.0 Å². The van der Waals surface area contributed by atoms with Crippen molar-refractivity contribution < 1.29 is 9.47 Å². The summed E-state index contributed by atoms with van der Waals surface area (Å²) in [6, 6.07) is 15.2. The number of halogens is 1. The zero-order valence-electron chi connectivity index (χ0n) is 17.0. The molecule has 5 aromatic rings. The van der Waals surface area contributed by atoms with Crippen LogP contribution in [0.1, 0.15) is 5.69 Å². The minimum atomic E-state index is 0.584. The molecule has 0 unspecified atom stereocenters. The fourth-order valence-electron chi connectivity index (χ4n) is 3.60. The molecule has 4 heterocycles. The maximum atomic E-state index is 6.58. The van der Waals surface area contributed by atoms with Crippen molar-refractivity contribution in [3.8, 4) is 39.8 Å². The molecular weight excluding hydrogens is 412 g/mol. The summed E-state index contributed by atoms with van der Waals surface area (Å²) in [7, 11) is 1.64. The van der Waals surface area contributed by atoms with Gasteiger partial charge in [0.25, 0.3) is 0 Å². The van der Waals surface area contributed by atoms with Crippen LogP contribution in [0.25, 0.3) is 28.0 Å². The molecule has 7 heteroatoms. The van der Waals surface area contributed by atoms with Gasteiger partial charge in [0, 0.05) is 47.5 Å². The lowest BCUT2D eigenvalue weighted by atomic mass is 10.1. The quantitative estimate of drug-likeness (QED) is 0.363. The van der Waals surface area contributed by atoms with Gasteiger partial charge < -0.3 is 14.5 Å². The molecule has 0 bridgehead atoms. The van der Waals surface area contributed by atoms with E-state index in [1.54, 1.807) is 13.3 Å². The number of aryl methyl sites for hydroxylation is 1. The van der Waals surface area contributed by atoms with E-state index in [4.69, 9.17) is 21.1 Å². The second kappa shape index (κ2) is 7.81. The third kappa shape index (κ3) is 3.62. The molecule has 6 nitrogen and oxygen atoms in total. The van der Waals surface area contributed by atoms with Gasteiger partial charge in [-0.25, -0.2) is 4.98 Å². The lowest BCUT2D eigenvalue weighted by Crippen LogP contribution is -1.91. The molecule has 0 saturated carbocycles. The predicted molar refractivity (Wildman–Crippen MR) is 121 cm³/mol. The van der Waals surface area contributed by atoms with Crippen LogP contribution < -0.4 is 9.47 Å². The maximum Gasteiger partial charge on any atom is 0.198 e. The van der Waals surface area contributed by atoms with E-state index in [1.807, 2.05) is 78.4 Å². The van der Waals surface area contributed by atoms with Crippen molar-refractivity contribution in [3.63, 3.8) is 0 Å². The molecule has 0 fully saturated rings. The molecule has 1 N–H and O–H groups in total. The van der Waals surface area contributed by atoms with E-state index in [2.05, 4.69) is 15.0 Å². The Hall–Kier alpha value is -3.77. The Bertz CT molecular complexity index is 1360. The highest BCUT2D eigenvalue weighted by atomic mass is 35.5. The van der Waals surface area contributed by atoms with Crippen LogP contribution in [-0.4, -0.2) is 26.5 Å². The number of nitrogens with one attached hydrogen (secondary N) is 1. The van der Waals surface area contributed by atoms with Gasteiger partial charge in [-0.1, -0.05) is 17.7 Å². The Kier molecular flexibility index (Phi) is 4.84. The molecule has 0 aliphatic carbocycles. The minimum absolute atomic E-state index is 0.584. The van der Waals surface area contributed by atoms with Crippen LogP contribution in [0.4, 0.5) is 0 Å². The second-order valence-corrected chi connectivity index (χ2v) is 7.50. The van der Waals surface area contributed by atoms with Crippen LogP contribution in [0, 0.1) is 6.92 Å². The summed E-state index contributed by atoms with van der Waals surface area (Å²) in [4.78, 5) is 12.1. The Labute approximate surface area is 184 Å². The van der Waals surface area contributed by atoms with E-state index >= 15 is 0 Å². The number of nitrogens with zero attached hydrogens (tertiary/aromatic N) is 3. The fourth-order valence-corrected chi connectivity index (χ4v) is 3.85. The molecule has 0 aliphatic rings. The lowest BCUT2D eigenvalue weighted by Gasteiger charge is -2.07. The Morgan fingerprint density at radius 3 is 2.55 bits per heavy atom. The van der Waals surface area contributed by atoms with E-state index in [9.17, 15) is 0 Å². The highest BCUT2D eigenvalue weighted by Crippen LogP contribution is 2.34. The molecule has 0 atom stereocenters. The van der Waals surface area contributed by atoms with Crippen LogP contribution in [0.3, 0.4) is 0 Å². The maximum absolute atomic E-state index is 6.58. The monoisotopic (exact) mass is 430 g/mol. The van der Waals surface area contributed by atoms with E-state index in [-0.39, 0.29) is 0 Å². The van der Waals surface area contributed by atoms with Gasteiger partial charge in [0.1, 0.15) is 11.5 Å². The number of pyridine rings is 2. The molecule has 1 aromatic carbocycles. The molecule has 5 rings (SSSR count). The van der Waals surface area contributed by atoms with E-state index in [0.29, 0.717) is 22.3 Å². The van der Waals surface area contributed by atoms with Crippen LogP contribution >= 0.6 is 11.6 Å². The number of aromatic amines is 1. The SMILES string of the molecule is COc1ccc(Oc2cc(-c3c(C)nc4c(Cl)cc(-c5cccnc5)cn34)c[nH]2)cc1. The van der Waals surface area contributed by atoms with Gasteiger partial charge in [0.15, 0.2) is 11.5 Å². The van der Waals surface area contributed by atoms with E-state index in [0.717, 1.165) is 33.8 Å². The number of ether oxygens (including phenoxy) is 2. The number of fused-ring (bicyclic) bond motifs is 1. The van der Waals surface area contributed by atoms with Crippen molar-refractivity contribution in [2.45, 2.75) is 6.92 Å². The third-order valence-electron chi connectivity index (χ3n) is 5.06. The van der Waals surface area contributed by atoms with Crippen molar-refractivity contribution >= 4 is 17.2 Å². The first-order valence-corrected chi connectivity index (χ1v) is 10.1. The molecule has 0 aliphatic heterocycles. The molecule has 0 amide bonds. The number of H-pyrrole nitrogens is 1. The van der Waals surface area contributed by atoms with Crippen molar-refractivity contribution in [1.82, 2.24) is 19.4 Å². The van der Waals surface area contributed by atoms with Gasteiger partial charge in [0.05, 0.1) is 23.5 Å². The zero-order valence-corrected chi connectivity index (χ0v) is 17.7. The number of hydrogen-bond acceptors (Lipinski definition) is 4. The third-order valence-corrected chi connectivity index (χ3v) is 5.34. The van der Waals surface area contributed by atoms with Gasteiger partial charge in [0.2, 0.25) is 0 Å². The van der Waals surface area contributed by atoms with E-state index in [1.165, 1.54) is 0 Å². The average molecular weight is 431 g/mol. The number of benzene rings is 1. The zero-order chi connectivity index (χ0) is 21.4. The Morgan fingerprint density at radius 1 is 1.00 bits per heavy atom. The average Bonchev–Trinajstić information content (AvgIpc) is 3.38. The molecule has 0 spiro atoms. The molecule has 0 radical (unpaired) electrons. The van der Waals surface area contributed by atoms with Crippen LogP contribution in [0.2, 0.25) is 5.02 Å². The number of aromatic nitrogens is 4. The van der Waals surface area contributed by atoms with Crippen molar-refractivity contribution in [2.24, 2.45) is 0 Å². The summed E-state index contributed by atoms with van der Waals surface area (Å²) < 4.78 is 13.2. The van der Waals surface area contributed by atoms with Gasteiger partial charge in [-0.3, -0.25) is 9.38 Å². The van der Waals surface area contributed by atoms with E-state index < -0.39 is 0 Å². The van der Waals surface area contributed by atoms with Crippen LogP contribution in [-0.2, 0) is 0 Å². The fraction of sp³-hybridized carbons (Fsp3) is 0.0833. The highest BCUT2D eigenvalue weighted by molar-refractivity contribution is 6.33. The summed E-state index contributed by atoms with van der Waals surface area (Å²) in [6.45, 7) is 1.97. The number of rotatable bonds is 5. The molecule has 0 saturated heterocycles. The highest BCUT2D eigenvalue weighted by Gasteiger charge is 2.16.